The van der Waals surface area contributed by atoms with E-state index >= 15 is 0 Å². The van der Waals surface area contributed by atoms with Gasteiger partial charge in [0.2, 0.25) is 0 Å². The zero-order valence-corrected chi connectivity index (χ0v) is 20.5. The van der Waals surface area contributed by atoms with Crippen LogP contribution in [0.5, 0.6) is 0 Å². The van der Waals surface area contributed by atoms with Gasteiger partial charge in [-0.15, -0.1) is 0 Å². The predicted octanol–water partition coefficient (Wildman–Crippen LogP) is 10.3. The molecule has 2 heterocycles. The molecule has 7 aromatic carbocycles. The zero-order chi connectivity index (χ0) is 24.8. The summed E-state index contributed by atoms with van der Waals surface area (Å²) in [7, 11) is 0. The Bertz CT molecular complexity index is 2400. The van der Waals surface area contributed by atoms with Crippen molar-refractivity contribution in [2.45, 2.75) is 0 Å². The summed E-state index contributed by atoms with van der Waals surface area (Å²) in [5, 5.41) is 12.4. The van der Waals surface area contributed by atoms with E-state index in [-0.39, 0.29) is 0 Å². The highest BCUT2D eigenvalue weighted by molar-refractivity contribution is 6.32. The molecule has 0 aliphatic rings. The van der Waals surface area contributed by atoms with Crippen LogP contribution in [0.3, 0.4) is 0 Å². The molecule has 0 unspecified atom stereocenters. The highest BCUT2D eigenvalue weighted by atomic mass is 16.3. The van der Waals surface area contributed by atoms with Crippen molar-refractivity contribution in [3.63, 3.8) is 0 Å². The van der Waals surface area contributed by atoms with E-state index in [1.165, 1.54) is 54.2 Å². The fraction of sp³-hybridized carbons (Fsp3) is 0. The SMILES string of the molecule is c1ccc2cc(-c3cccc4c3oc3cc5[nH]c6c7ccccc7c7ccccc7c6c5cc34)ccc2c1. The minimum absolute atomic E-state index is 0.904. The van der Waals surface area contributed by atoms with Gasteiger partial charge in [0.1, 0.15) is 11.2 Å². The monoisotopic (exact) mass is 483 g/mol. The molecule has 0 aliphatic carbocycles. The van der Waals surface area contributed by atoms with Gasteiger partial charge in [-0.3, -0.25) is 0 Å². The van der Waals surface area contributed by atoms with Crippen molar-refractivity contribution in [3.8, 4) is 11.1 Å². The van der Waals surface area contributed by atoms with Crippen molar-refractivity contribution in [3.05, 3.63) is 121 Å². The molecule has 2 heteroatoms. The van der Waals surface area contributed by atoms with Crippen molar-refractivity contribution in [1.29, 1.82) is 0 Å². The molecule has 0 atom stereocenters. The van der Waals surface area contributed by atoms with Gasteiger partial charge in [0, 0.05) is 38.6 Å². The molecule has 0 fully saturated rings. The van der Waals surface area contributed by atoms with E-state index in [0.29, 0.717) is 0 Å². The number of fused-ring (bicyclic) bond motifs is 12. The van der Waals surface area contributed by atoms with Gasteiger partial charge < -0.3 is 9.40 Å². The number of aromatic nitrogens is 1. The van der Waals surface area contributed by atoms with Gasteiger partial charge in [0.25, 0.3) is 0 Å². The van der Waals surface area contributed by atoms with Gasteiger partial charge in [0.05, 0.1) is 11.0 Å². The number of rotatable bonds is 1. The van der Waals surface area contributed by atoms with Crippen molar-refractivity contribution in [1.82, 2.24) is 4.98 Å². The largest absolute Gasteiger partial charge is 0.455 e. The van der Waals surface area contributed by atoms with Gasteiger partial charge in [-0.2, -0.15) is 0 Å². The maximum absolute atomic E-state index is 6.61. The molecule has 0 radical (unpaired) electrons. The van der Waals surface area contributed by atoms with Crippen LogP contribution in [0.1, 0.15) is 0 Å². The minimum Gasteiger partial charge on any atom is -0.455 e. The fourth-order valence-corrected chi connectivity index (χ4v) is 6.42. The lowest BCUT2D eigenvalue weighted by Crippen LogP contribution is -1.81. The van der Waals surface area contributed by atoms with E-state index in [9.17, 15) is 0 Å². The Balaban J connectivity index is 1.38. The lowest BCUT2D eigenvalue weighted by molar-refractivity contribution is 0.670. The van der Waals surface area contributed by atoms with E-state index in [1.54, 1.807) is 0 Å². The van der Waals surface area contributed by atoms with E-state index in [1.807, 2.05) is 0 Å². The van der Waals surface area contributed by atoms with Gasteiger partial charge >= 0.3 is 0 Å². The van der Waals surface area contributed by atoms with E-state index in [2.05, 4.69) is 126 Å². The summed E-state index contributed by atoms with van der Waals surface area (Å²) in [5.74, 6) is 0. The Morgan fingerprint density at radius 1 is 0.474 bits per heavy atom. The highest BCUT2D eigenvalue weighted by Gasteiger charge is 2.18. The molecule has 2 nitrogen and oxygen atoms in total. The van der Waals surface area contributed by atoms with Crippen LogP contribution >= 0.6 is 0 Å². The van der Waals surface area contributed by atoms with Gasteiger partial charge in [-0.1, -0.05) is 103 Å². The van der Waals surface area contributed by atoms with Gasteiger partial charge in [-0.25, -0.2) is 0 Å². The molecule has 9 aromatic rings. The molecule has 0 spiro atoms. The second kappa shape index (κ2) is 7.24. The minimum atomic E-state index is 0.904. The summed E-state index contributed by atoms with van der Waals surface area (Å²) < 4.78 is 6.61. The van der Waals surface area contributed by atoms with Crippen LogP contribution in [0.4, 0.5) is 0 Å². The van der Waals surface area contributed by atoms with Gasteiger partial charge in [0.15, 0.2) is 0 Å². The summed E-state index contributed by atoms with van der Waals surface area (Å²) in [6.45, 7) is 0. The smallest absolute Gasteiger partial charge is 0.143 e. The van der Waals surface area contributed by atoms with Crippen LogP contribution in [0.2, 0.25) is 0 Å². The first kappa shape index (κ1) is 20.0. The third kappa shape index (κ3) is 2.61. The third-order valence-electron chi connectivity index (χ3n) is 8.16. The van der Waals surface area contributed by atoms with E-state index < -0.39 is 0 Å². The van der Waals surface area contributed by atoms with Crippen LogP contribution in [-0.4, -0.2) is 4.98 Å². The first-order valence-electron chi connectivity index (χ1n) is 13.0. The Kier molecular flexibility index (Phi) is 3.82. The number of aromatic amines is 1. The molecule has 0 saturated heterocycles. The predicted molar refractivity (Wildman–Crippen MR) is 161 cm³/mol. The van der Waals surface area contributed by atoms with Crippen LogP contribution in [0.25, 0.3) is 87.2 Å². The maximum atomic E-state index is 6.61. The molecular weight excluding hydrogens is 462 g/mol. The lowest BCUT2D eigenvalue weighted by atomic mass is 9.96. The highest BCUT2D eigenvalue weighted by Crippen LogP contribution is 2.43. The van der Waals surface area contributed by atoms with Crippen LogP contribution < -0.4 is 0 Å². The quantitative estimate of drug-likeness (QED) is 0.231. The van der Waals surface area contributed by atoms with Gasteiger partial charge in [-0.05, 0) is 44.6 Å². The molecule has 0 bridgehead atoms. The number of hydrogen-bond donors (Lipinski definition) is 1. The first-order valence-corrected chi connectivity index (χ1v) is 13.0. The van der Waals surface area contributed by atoms with Crippen molar-refractivity contribution in [2.75, 3.05) is 0 Å². The molecule has 9 rings (SSSR count). The molecule has 0 aliphatic heterocycles. The Hall–Kier alpha value is -5.08. The summed E-state index contributed by atoms with van der Waals surface area (Å²) in [6.07, 6.45) is 0. The lowest BCUT2D eigenvalue weighted by Gasteiger charge is -2.07. The zero-order valence-electron chi connectivity index (χ0n) is 20.5. The molecule has 1 N–H and O–H groups in total. The van der Waals surface area contributed by atoms with Crippen LogP contribution in [0.15, 0.2) is 126 Å². The average molecular weight is 484 g/mol. The molecule has 38 heavy (non-hydrogen) atoms. The third-order valence-corrected chi connectivity index (χ3v) is 8.16. The van der Waals surface area contributed by atoms with Crippen molar-refractivity contribution < 1.29 is 4.42 Å². The summed E-state index contributed by atoms with van der Waals surface area (Å²) in [4.78, 5) is 3.76. The van der Waals surface area contributed by atoms with E-state index in [0.717, 1.165) is 33.0 Å². The van der Waals surface area contributed by atoms with E-state index in [4.69, 9.17) is 4.42 Å². The maximum Gasteiger partial charge on any atom is 0.143 e. The Labute approximate surface area is 217 Å². The summed E-state index contributed by atoms with van der Waals surface area (Å²) in [6, 6.07) is 43.5. The topological polar surface area (TPSA) is 28.9 Å². The number of benzene rings is 7. The number of H-pyrrole nitrogens is 1. The van der Waals surface area contributed by atoms with Crippen LogP contribution in [0, 0.1) is 0 Å². The number of para-hydroxylation sites is 1. The van der Waals surface area contributed by atoms with Crippen molar-refractivity contribution >= 4 is 76.1 Å². The summed E-state index contributed by atoms with van der Waals surface area (Å²) >= 11 is 0. The van der Waals surface area contributed by atoms with Crippen molar-refractivity contribution in [2.24, 2.45) is 0 Å². The first-order chi connectivity index (χ1) is 18.8. The second-order valence-corrected chi connectivity index (χ2v) is 10.2. The molecule has 0 saturated carbocycles. The Morgan fingerprint density at radius 3 is 2.05 bits per heavy atom. The molecule has 2 aromatic heterocycles. The molecule has 0 amide bonds. The number of nitrogens with one attached hydrogen (secondary N) is 1. The molecular formula is C36H21NO. The summed E-state index contributed by atoms with van der Waals surface area (Å²) in [5.41, 5.74) is 6.41. The number of furan rings is 1. The normalized spacial score (nSPS) is 12.2. The fourth-order valence-electron chi connectivity index (χ4n) is 6.42. The molecule has 176 valence electrons. The number of hydrogen-bond acceptors (Lipinski definition) is 1. The van der Waals surface area contributed by atoms with Crippen LogP contribution in [-0.2, 0) is 0 Å². The average Bonchev–Trinajstić information content (AvgIpc) is 3.54. The Morgan fingerprint density at radius 2 is 1.18 bits per heavy atom. The standard InChI is InChI=1S/C36H21NO/c1-2-9-22-18-23(17-16-21(22)8-1)24-14-7-15-29-30-19-31-32(20-33(30)38-36(24)29)37-35-28-13-6-4-11-26(28)25-10-3-5-12-27(25)34(31)35/h1-20,37H. The second-order valence-electron chi connectivity index (χ2n) is 10.2.